The van der Waals surface area contributed by atoms with Gasteiger partial charge in [0.2, 0.25) is 5.82 Å². The molecule has 30 heavy (non-hydrogen) atoms. The first-order chi connectivity index (χ1) is 14.4. The molecule has 2 N–H and O–H groups in total. The molecule has 3 aromatic rings. The van der Waals surface area contributed by atoms with Crippen LogP contribution in [0.4, 0.5) is 15.9 Å². The molecule has 0 aliphatic carbocycles. The van der Waals surface area contributed by atoms with Crippen molar-refractivity contribution in [3.05, 3.63) is 81.9 Å². The number of halogens is 1. The van der Waals surface area contributed by atoms with Crippen molar-refractivity contribution in [2.45, 2.75) is 19.8 Å². The minimum absolute atomic E-state index is 0.233. The van der Waals surface area contributed by atoms with Gasteiger partial charge in [0.15, 0.2) is 0 Å². The topological polar surface area (TPSA) is 119 Å². The highest BCUT2D eigenvalue weighted by atomic mass is 19.1. The summed E-state index contributed by atoms with van der Waals surface area (Å²) in [6, 6.07) is 12.4. The number of ether oxygens (including phenoxy) is 1. The van der Waals surface area contributed by atoms with Gasteiger partial charge in [0.1, 0.15) is 17.9 Å². The molecule has 9 nitrogen and oxygen atoms in total. The third-order valence-electron chi connectivity index (χ3n) is 4.15. The number of hydrogen-bond acceptors (Lipinski definition) is 7. The van der Waals surface area contributed by atoms with Crippen molar-refractivity contribution in [3.8, 4) is 11.6 Å². The van der Waals surface area contributed by atoms with Crippen molar-refractivity contribution in [1.29, 1.82) is 0 Å². The van der Waals surface area contributed by atoms with E-state index >= 15 is 0 Å². The lowest BCUT2D eigenvalue weighted by molar-refractivity contribution is -0.385. The Labute approximate surface area is 171 Å². The molecule has 0 saturated heterocycles. The van der Waals surface area contributed by atoms with Crippen molar-refractivity contribution >= 4 is 17.4 Å². The normalized spacial score (nSPS) is 10.5. The Morgan fingerprint density at radius 3 is 2.47 bits per heavy atom. The maximum Gasteiger partial charge on any atom is 0.374 e. The van der Waals surface area contributed by atoms with E-state index in [1.165, 1.54) is 18.2 Å². The van der Waals surface area contributed by atoms with Gasteiger partial charge in [-0.05, 0) is 35.7 Å². The van der Waals surface area contributed by atoms with Crippen LogP contribution in [0.1, 0.15) is 35.7 Å². The van der Waals surface area contributed by atoms with E-state index in [1.54, 1.807) is 12.1 Å². The van der Waals surface area contributed by atoms with Crippen LogP contribution in [0.15, 0.2) is 54.9 Å². The Hall–Kier alpha value is -4.08. The second-order valence-electron chi connectivity index (χ2n) is 6.52. The summed E-state index contributed by atoms with van der Waals surface area (Å²) >= 11 is 0. The third kappa shape index (κ3) is 4.66. The zero-order valence-electron chi connectivity index (χ0n) is 16.1. The molecule has 1 aromatic heterocycles. The van der Waals surface area contributed by atoms with Crippen molar-refractivity contribution in [3.63, 3.8) is 0 Å². The molecular weight excluding hydrogens is 393 g/mol. The van der Waals surface area contributed by atoms with Gasteiger partial charge in [-0.2, -0.15) is 4.98 Å². The van der Waals surface area contributed by atoms with E-state index in [9.17, 15) is 19.3 Å². The summed E-state index contributed by atoms with van der Waals surface area (Å²) in [6.45, 7) is 4.08. The number of hydrazine groups is 1. The Kier molecular flexibility index (Phi) is 6.16. The molecule has 1 heterocycles. The number of carbonyl (C=O) groups excluding carboxylic acids is 1. The number of rotatable bonds is 7. The highest BCUT2D eigenvalue weighted by Gasteiger charge is 2.26. The first-order valence-corrected chi connectivity index (χ1v) is 8.95. The molecular formula is C20H18FN5O4. The van der Waals surface area contributed by atoms with Crippen LogP contribution in [0, 0.1) is 15.9 Å². The van der Waals surface area contributed by atoms with E-state index in [0.29, 0.717) is 11.7 Å². The average molecular weight is 411 g/mol. The molecule has 0 radical (unpaired) electrons. The summed E-state index contributed by atoms with van der Waals surface area (Å²) in [7, 11) is 0. The fourth-order valence-corrected chi connectivity index (χ4v) is 2.55. The van der Waals surface area contributed by atoms with E-state index < -0.39 is 22.3 Å². The smallest absolute Gasteiger partial charge is 0.374 e. The van der Waals surface area contributed by atoms with Gasteiger partial charge in [0, 0.05) is 0 Å². The van der Waals surface area contributed by atoms with Gasteiger partial charge in [-0.3, -0.25) is 25.8 Å². The van der Waals surface area contributed by atoms with Gasteiger partial charge in [-0.25, -0.2) is 9.37 Å². The van der Waals surface area contributed by atoms with Crippen LogP contribution in [0.25, 0.3) is 0 Å². The fourth-order valence-electron chi connectivity index (χ4n) is 2.55. The van der Waals surface area contributed by atoms with Crippen molar-refractivity contribution in [2.75, 3.05) is 5.43 Å². The molecule has 0 spiro atoms. The lowest BCUT2D eigenvalue weighted by Crippen LogP contribution is -2.31. The quantitative estimate of drug-likeness (QED) is 0.442. The van der Waals surface area contributed by atoms with Crippen LogP contribution < -0.4 is 15.6 Å². The number of hydrogen-bond donors (Lipinski definition) is 2. The Balaban J connectivity index is 1.81. The van der Waals surface area contributed by atoms with Gasteiger partial charge in [-0.15, -0.1) is 0 Å². The van der Waals surface area contributed by atoms with Gasteiger partial charge in [0.05, 0.1) is 10.5 Å². The molecule has 0 bridgehead atoms. The molecule has 0 unspecified atom stereocenters. The van der Waals surface area contributed by atoms with Crippen LogP contribution >= 0.6 is 0 Å². The second-order valence-corrected chi connectivity index (χ2v) is 6.52. The molecule has 3 rings (SSSR count). The van der Waals surface area contributed by atoms with E-state index in [4.69, 9.17) is 4.74 Å². The van der Waals surface area contributed by atoms with Crippen LogP contribution in [-0.2, 0) is 0 Å². The molecule has 2 aromatic carbocycles. The Morgan fingerprint density at radius 1 is 1.13 bits per heavy atom. The van der Waals surface area contributed by atoms with Crippen molar-refractivity contribution < 1.29 is 18.8 Å². The number of amides is 1. The predicted molar refractivity (Wildman–Crippen MR) is 107 cm³/mol. The number of nitrogens with one attached hydrogen (secondary N) is 2. The van der Waals surface area contributed by atoms with Gasteiger partial charge in [-0.1, -0.05) is 38.1 Å². The first-order valence-electron chi connectivity index (χ1n) is 8.95. The maximum atomic E-state index is 13.7. The summed E-state index contributed by atoms with van der Waals surface area (Å²) in [5.41, 5.74) is 4.78. The maximum absolute atomic E-state index is 13.7. The number of anilines is 1. The van der Waals surface area contributed by atoms with E-state index in [1.807, 2.05) is 26.0 Å². The molecule has 0 aliphatic heterocycles. The number of nitro groups is 1. The summed E-state index contributed by atoms with van der Waals surface area (Å²) in [5, 5.41) is 11.6. The Morgan fingerprint density at radius 2 is 1.83 bits per heavy atom. The predicted octanol–water partition coefficient (Wildman–Crippen LogP) is 4.20. The summed E-state index contributed by atoms with van der Waals surface area (Å²) in [4.78, 5) is 30.6. The van der Waals surface area contributed by atoms with Gasteiger partial charge < -0.3 is 4.74 Å². The summed E-state index contributed by atoms with van der Waals surface area (Å²) < 4.78 is 19.3. The standard InChI is InChI=1S/C20H18FN5O4/c1-12(2)13-7-9-14(10-8-13)30-20-17(26(28)29)18(22-11-23-20)24-25-19(27)15-5-3-4-6-16(15)21/h3-12H,1-2H3,(H,25,27)(H,22,23,24). The molecule has 10 heteroatoms. The van der Waals surface area contributed by atoms with Crippen molar-refractivity contribution in [1.82, 2.24) is 15.4 Å². The minimum Gasteiger partial charge on any atom is -0.434 e. The average Bonchev–Trinajstić information content (AvgIpc) is 2.72. The van der Waals surface area contributed by atoms with Crippen LogP contribution in [-0.4, -0.2) is 20.8 Å². The zero-order chi connectivity index (χ0) is 21.7. The van der Waals surface area contributed by atoms with Gasteiger partial charge in [0.25, 0.3) is 5.91 Å². The minimum atomic E-state index is -0.826. The van der Waals surface area contributed by atoms with Crippen molar-refractivity contribution in [2.24, 2.45) is 0 Å². The van der Waals surface area contributed by atoms with Crippen LogP contribution in [0.3, 0.4) is 0 Å². The number of nitrogens with zero attached hydrogens (tertiary/aromatic N) is 3. The first kappa shape index (κ1) is 20.6. The fraction of sp³-hybridized carbons (Fsp3) is 0.150. The summed E-state index contributed by atoms with van der Waals surface area (Å²) in [5.74, 6) is -1.51. The van der Waals surface area contributed by atoms with Gasteiger partial charge >= 0.3 is 11.6 Å². The molecule has 0 atom stereocenters. The Bertz CT molecular complexity index is 1070. The molecule has 1 amide bonds. The molecule has 0 fully saturated rings. The number of carbonyl (C=O) groups is 1. The molecule has 154 valence electrons. The molecule has 0 aliphatic rings. The van der Waals surface area contributed by atoms with E-state index in [0.717, 1.165) is 18.0 Å². The lowest BCUT2D eigenvalue weighted by atomic mass is 10.0. The zero-order valence-corrected chi connectivity index (χ0v) is 16.1. The second kappa shape index (κ2) is 8.95. The third-order valence-corrected chi connectivity index (χ3v) is 4.15. The van der Waals surface area contributed by atoms with Crippen LogP contribution in [0.5, 0.6) is 11.6 Å². The summed E-state index contributed by atoms with van der Waals surface area (Å²) in [6.07, 6.45) is 1.04. The van der Waals surface area contributed by atoms with E-state index in [-0.39, 0.29) is 17.3 Å². The largest absolute Gasteiger partial charge is 0.434 e. The number of aromatic nitrogens is 2. The number of benzene rings is 2. The monoisotopic (exact) mass is 411 g/mol. The molecule has 0 saturated carbocycles. The van der Waals surface area contributed by atoms with E-state index in [2.05, 4.69) is 20.8 Å². The SMILES string of the molecule is CC(C)c1ccc(Oc2ncnc(NNC(=O)c3ccccc3F)c2[N+](=O)[O-])cc1. The lowest BCUT2D eigenvalue weighted by Gasteiger charge is -2.11. The highest BCUT2D eigenvalue weighted by Crippen LogP contribution is 2.34. The highest BCUT2D eigenvalue weighted by molar-refractivity contribution is 5.95. The van der Waals surface area contributed by atoms with Crippen LogP contribution in [0.2, 0.25) is 0 Å².